The maximum absolute atomic E-state index is 12.4. The minimum absolute atomic E-state index is 0.166. The monoisotopic (exact) mass is 274 g/mol. The first-order valence-corrected chi connectivity index (χ1v) is 7.94. The van der Waals surface area contributed by atoms with E-state index in [1.54, 1.807) is 7.11 Å². The lowest BCUT2D eigenvalue weighted by Gasteiger charge is -2.35. The second-order valence-electron chi connectivity index (χ2n) is 5.05. The number of carbonyl (C=O) groups is 1. The van der Waals surface area contributed by atoms with Crippen molar-refractivity contribution in [1.82, 2.24) is 10.6 Å². The highest BCUT2D eigenvalue weighted by Gasteiger charge is 2.39. The number of ether oxygens (including phenoxy) is 1. The smallest absolute Gasteiger partial charge is 0.228 e. The molecule has 1 saturated heterocycles. The number of hydrogen-bond donors (Lipinski definition) is 2. The number of amides is 1. The summed E-state index contributed by atoms with van der Waals surface area (Å²) < 4.78 is 5.26. The predicted molar refractivity (Wildman–Crippen MR) is 77.0 cm³/mol. The van der Waals surface area contributed by atoms with E-state index in [4.69, 9.17) is 4.74 Å². The van der Waals surface area contributed by atoms with Crippen LogP contribution in [0.5, 0.6) is 0 Å². The lowest BCUT2D eigenvalue weighted by Crippen LogP contribution is -2.50. The maximum atomic E-state index is 12.4. The van der Waals surface area contributed by atoms with Crippen molar-refractivity contribution in [3.05, 3.63) is 0 Å². The van der Waals surface area contributed by atoms with Gasteiger partial charge in [-0.25, -0.2) is 0 Å². The zero-order valence-electron chi connectivity index (χ0n) is 11.8. The first kappa shape index (κ1) is 15.8. The van der Waals surface area contributed by atoms with Crippen molar-refractivity contribution in [3.63, 3.8) is 0 Å². The van der Waals surface area contributed by atoms with E-state index in [2.05, 4.69) is 23.8 Å². The summed E-state index contributed by atoms with van der Waals surface area (Å²) in [5.74, 6) is 0.166. The molecule has 0 bridgehead atoms. The molecule has 0 radical (unpaired) electrons. The Labute approximate surface area is 115 Å². The summed E-state index contributed by atoms with van der Waals surface area (Å²) in [5.41, 5.74) is -0.317. The molecule has 2 N–H and O–H groups in total. The van der Waals surface area contributed by atoms with Gasteiger partial charge in [0.05, 0.1) is 12.0 Å². The fourth-order valence-electron chi connectivity index (χ4n) is 2.31. The van der Waals surface area contributed by atoms with Crippen LogP contribution >= 0.6 is 11.8 Å². The summed E-state index contributed by atoms with van der Waals surface area (Å²) in [6, 6.07) is 0. The van der Waals surface area contributed by atoms with Gasteiger partial charge in [0.1, 0.15) is 0 Å². The first-order chi connectivity index (χ1) is 8.64. The maximum Gasteiger partial charge on any atom is 0.228 e. The van der Waals surface area contributed by atoms with E-state index >= 15 is 0 Å². The van der Waals surface area contributed by atoms with Gasteiger partial charge < -0.3 is 15.4 Å². The van der Waals surface area contributed by atoms with E-state index in [-0.39, 0.29) is 11.3 Å². The van der Waals surface area contributed by atoms with Crippen LogP contribution in [0.1, 0.15) is 26.2 Å². The lowest BCUT2D eigenvalue weighted by atomic mass is 9.78. The van der Waals surface area contributed by atoms with Gasteiger partial charge in [0, 0.05) is 18.9 Å². The van der Waals surface area contributed by atoms with Crippen molar-refractivity contribution in [2.75, 3.05) is 39.6 Å². The van der Waals surface area contributed by atoms with E-state index in [1.807, 2.05) is 11.8 Å². The molecule has 1 fully saturated rings. The first-order valence-electron chi connectivity index (χ1n) is 6.65. The predicted octanol–water partition coefficient (Wildman–Crippen LogP) is 1.26. The molecule has 0 aliphatic carbocycles. The summed E-state index contributed by atoms with van der Waals surface area (Å²) in [6.45, 7) is 5.28. The Bertz CT molecular complexity index is 250. The molecule has 18 heavy (non-hydrogen) atoms. The zero-order chi connectivity index (χ0) is 13.4. The van der Waals surface area contributed by atoms with Gasteiger partial charge in [-0.3, -0.25) is 4.79 Å². The van der Waals surface area contributed by atoms with E-state index in [0.717, 1.165) is 38.9 Å². The number of thioether (sulfide) groups is 1. The van der Waals surface area contributed by atoms with Crippen LogP contribution in [-0.4, -0.2) is 50.8 Å². The largest absolute Gasteiger partial charge is 0.384 e. The summed E-state index contributed by atoms with van der Waals surface area (Å²) >= 11 is 1.84. The van der Waals surface area contributed by atoms with Crippen LogP contribution in [0.25, 0.3) is 0 Å². The number of rotatable bonds is 7. The molecule has 1 unspecified atom stereocenters. The molecular formula is C13H26N2O2S. The molecule has 0 saturated carbocycles. The van der Waals surface area contributed by atoms with Gasteiger partial charge in [0.25, 0.3) is 0 Å². The lowest BCUT2D eigenvalue weighted by molar-refractivity contribution is -0.136. The molecule has 4 nitrogen and oxygen atoms in total. The molecule has 0 spiro atoms. The normalized spacial score (nSPS) is 20.4. The van der Waals surface area contributed by atoms with Gasteiger partial charge in [-0.1, -0.05) is 6.92 Å². The molecule has 0 aromatic rings. The number of piperidine rings is 1. The van der Waals surface area contributed by atoms with Gasteiger partial charge >= 0.3 is 0 Å². The fourth-order valence-corrected chi connectivity index (χ4v) is 2.67. The third kappa shape index (κ3) is 4.44. The Morgan fingerprint density at radius 3 is 2.72 bits per heavy atom. The van der Waals surface area contributed by atoms with E-state index < -0.39 is 0 Å². The molecular weight excluding hydrogens is 248 g/mol. The van der Waals surface area contributed by atoms with Gasteiger partial charge in [0.15, 0.2) is 0 Å². The topological polar surface area (TPSA) is 50.4 Å². The summed E-state index contributed by atoms with van der Waals surface area (Å²) in [7, 11) is 1.67. The zero-order valence-corrected chi connectivity index (χ0v) is 12.6. The van der Waals surface area contributed by atoms with Crippen molar-refractivity contribution < 1.29 is 9.53 Å². The van der Waals surface area contributed by atoms with Crippen LogP contribution < -0.4 is 10.6 Å². The SMILES string of the molecule is COCC1(C(=O)NCCC(C)SC)CCNCC1. The molecule has 0 aromatic heterocycles. The standard InChI is InChI=1S/C13H26N2O2S/c1-11(18-3)4-7-15-12(16)13(10-17-2)5-8-14-9-6-13/h11,14H,4-10H2,1-3H3,(H,15,16). The third-order valence-electron chi connectivity index (χ3n) is 3.70. The van der Waals surface area contributed by atoms with Crippen LogP contribution in [0, 0.1) is 5.41 Å². The molecule has 5 heteroatoms. The summed E-state index contributed by atoms with van der Waals surface area (Å²) in [6.07, 6.45) is 4.86. The van der Waals surface area contributed by atoms with Crippen molar-refractivity contribution in [2.45, 2.75) is 31.4 Å². The van der Waals surface area contributed by atoms with Gasteiger partial charge in [-0.05, 0) is 38.6 Å². The van der Waals surface area contributed by atoms with E-state index in [0.29, 0.717) is 11.9 Å². The Hall–Kier alpha value is -0.260. The van der Waals surface area contributed by atoms with Crippen LogP contribution in [-0.2, 0) is 9.53 Å². The van der Waals surface area contributed by atoms with Gasteiger partial charge in [0.2, 0.25) is 5.91 Å². The molecule has 1 atom stereocenters. The molecule has 106 valence electrons. The Morgan fingerprint density at radius 1 is 1.50 bits per heavy atom. The van der Waals surface area contributed by atoms with Gasteiger partial charge in [-0.2, -0.15) is 11.8 Å². The van der Waals surface area contributed by atoms with E-state index in [1.165, 1.54) is 0 Å². The number of hydrogen-bond acceptors (Lipinski definition) is 4. The molecule has 1 aliphatic rings. The second-order valence-corrected chi connectivity index (χ2v) is 6.33. The highest BCUT2D eigenvalue weighted by Crippen LogP contribution is 2.29. The second kappa shape index (κ2) is 8.02. The van der Waals surface area contributed by atoms with Crippen molar-refractivity contribution in [3.8, 4) is 0 Å². The van der Waals surface area contributed by atoms with Crippen LogP contribution in [0.4, 0.5) is 0 Å². The van der Waals surface area contributed by atoms with Crippen LogP contribution in [0.15, 0.2) is 0 Å². The highest BCUT2D eigenvalue weighted by atomic mass is 32.2. The Balaban J connectivity index is 2.44. The molecule has 1 amide bonds. The van der Waals surface area contributed by atoms with Crippen molar-refractivity contribution >= 4 is 17.7 Å². The fraction of sp³-hybridized carbons (Fsp3) is 0.923. The number of carbonyl (C=O) groups excluding carboxylic acids is 1. The third-order valence-corrected chi connectivity index (χ3v) is 4.74. The van der Waals surface area contributed by atoms with Gasteiger partial charge in [-0.15, -0.1) is 0 Å². The number of nitrogens with one attached hydrogen (secondary N) is 2. The molecule has 1 heterocycles. The molecule has 0 aromatic carbocycles. The van der Waals surface area contributed by atoms with Crippen molar-refractivity contribution in [2.24, 2.45) is 5.41 Å². The van der Waals surface area contributed by atoms with Crippen LogP contribution in [0.3, 0.4) is 0 Å². The summed E-state index contributed by atoms with van der Waals surface area (Å²) in [5, 5.41) is 6.97. The highest BCUT2D eigenvalue weighted by molar-refractivity contribution is 7.99. The molecule has 1 rings (SSSR count). The number of methoxy groups -OCH3 is 1. The Kier molecular flexibility index (Phi) is 7.04. The summed E-state index contributed by atoms with van der Waals surface area (Å²) in [4.78, 5) is 12.4. The Morgan fingerprint density at radius 2 is 2.17 bits per heavy atom. The minimum atomic E-state index is -0.317. The average molecular weight is 274 g/mol. The average Bonchev–Trinajstić information content (AvgIpc) is 2.39. The van der Waals surface area contributed by atoms with E-state index in [9.17, 15) is 4.79 Å². The minimum Gasteiger partial charge on any atom is -0.384 e. The quantitative estimate of drug-likeness (QED) is 0.734. The van der Waals surface area contributed by atoms with Crippen LogP contribution in [0.2, 0.25) is 0 Å². The molecule has 1 aliphatic heterocycles. The van der Waals surface area contributed by atoms with Crippen molar-refractivity contribution in [1.29, 1.82) is 0 Å².